The minimum absolute atomic E-state index is 0.166. The smallest absolute Gasteiger partial charge is 0.0990 e. The minimum Gasteiger partial charge on any atom is -0.374 e. The monoisotopic (exact) mass is 269 g/mol. The highest BCUT2D eigenvalue weighted by atomic mass is 35.5. The number of hydrogen-bond acceptors (Lipinski definition) is 3. The Hall–Kier alpha value is -0.610. The molecular weight excluding hydrogens is 250 g/mol. The van der Waals surface area contributed by atoms with E-state index in [0.717, 1.165) is 23.6 Å². The maximum Gasteiger partial charge on any atom is 0.0990 e. The molecule has 0 amide bonds. The van der Waals surface area contributed by atoms with Crippen LogP contribution >= 0.6 is 11.6 Å². The summed E-state index contributed by atoms with van der Waals surface area (Å²) in [5, 5.41) is 4.00. The van der Waals surface area contributed by atoms with Crippen molar-refractivity contribution in [3.63, 3.8) is 0 Å². The van der Waals surface area contributed by atoms with Gasteiger partial charge in [-0.3, -0.25) is 0 Å². The fourth-order valence-corrected chi connectivity index (χ4v) is 2.49. The van der Waals surface area contributed by atoms with E-state index in [0.29, 0.717) is 12.6 Å². The lowest BCUT2D eigenvalue weighted by Crippen LogP contribution is -2.59. The van der Waals surface area contributed by atoms with Gasteiger partial charge in [-0.1, -0.05) is 23.7 Å². The van der Waals surface area contributed by atoms with Crippen molar-refractivity contribution in [2.75, 3.05) is 13.7 Å². The topological polar surface area (TPSA) is 30.5 Å². The van der Waals surface area contributed by atoms with E-state index in [-0.39, 0.29) is 12.2 Å². The van der Waals surface area contributed by atoms with Crippen molar-refractivity contribution in [2.45, 2.75) is 38.2 Å². The Morgan fingerprint density at radius 3 is 2.89 bits per heavy atom. The number of benzene rings is 1. The van der Waals surface area contributed by atoms with E-state index < -0.39 is 0 Å². The summed E-state index contributed by atoms with van der Waals surface area (Å²) in [4.78, 5) is 0. The van der Waals surface area contributed by atoms with E-state index >= 15 is 0 Å². The first-order valence-electron chi connectivity index (χ1n) is 6.39. The SMILES string of the molecule is CCOC1C(NC)CC1OCc1cccc(Cl)c1. The van der Waals surface area contributed by atoms with Crippen molar-refractivity contribution in [3.05, 3.63) is 34.9 Å². The van der Waals surface area contributed by atoms with E-state index in [1.54, 1.807) is 0 Å². The van der Waals surface area contributed by atoms with Crippen LogP contribution in [-0.4, -0.2) is 31.9 Å². The second-order valence-electron chi connectivity index (χ2n) is 4.53. The number of nitrogens with one attached hydrogen (secondary N) is 1. The van der Waals surface area contributed by atoms with Crippen molar-refractivity contribution in [1.29, 1.82) is 0 Å². The number of ether oxygens (including phenoxy) is 2. The van der Waals surface area contributed by atoms with Crippen LogP contribution in [0.25, 0.3) is 0 Å². The lowest BCUT2D eigenvalue weighted by atomic mass is 9.85. The van der Waals surface area contributed by atoms with Crippen LogP contribution in [0.2, 0.25) is 5.02 Å². The third kappa shape index (κ3) is 3.23. The molecule has 18 heavy (non-hydrogen) atoms. The molecule has 1 N–H and O–H groups in total. The number of hydrogen-bond donors (Lipinski definition) is 1. The first-order chi connectivity index (χ1) is 8.74. The molecule has 1 aliphatic rings. The highest BCUT2D eigenvalue weighted by Gasteiger charge is 2.41. The summed E-state index contributed by atoms with van der Waals surface area (Å²) in [6.07, 6.45) is 1.35. The highest BCUT2D eigenvalue weighted by molar-refractivity contribution is 6.30. The molecule has 0 radical (unpaired) electrons. The van der Waals surface area contributed by atoms with Gasteiger partial charge in [-0.15, -0.1) is 0 Å². The summed E-state index contributed by atoms with van der Waals surface area (Å²) >= 11 is 5.94. The van der Waals surface area contributed by atoms with Crippen LogP contribution in [0.3, 0.4) is 0 Å². The summed E-state index contributed by atoms with van der Waals surface area (Å²) in [5.41, 5.74) is 1.10. The Kier molecular flexibility index (Phi) is 5.01. The first-order valence-corrected chi connectivity index (χ1v) is 6.77. The summed E-state index contributed by atoms with van der Waals surface area (Å²) in [6, 6.07) is 8.18. The van der Waals surface area contributed by atoms with Gasteiger partial charge in [0.1, 0.15) is 0 Å². The molecule has 3 nitrogen and oxygen atoms in total. The Morgan fingerprint density at radius 1 is 1.39 bits per heavy atom. The van der Waals surface area contributed by atoms with Gasteiger partial charge in [-0.05, 0) is 38.1 Å². The summed E-state index contributed by atoms with van der Waals surface area (Å²) < 4.78 is 11.6. The summed E-state index contributed by atoms with van der Waals surface area (Å²) in [5.74, 6) is 0. The van der Waals surface area contributed by atoms with Crippen LogP contribution in [0.5, 0.6) is 0 Å². The molecule has 0 spiro atoms. The second-order valence-corrected chi connectivity index (χ2v) is 4.97. The standard InChI is InChI=1S/C14H20ClNO2/c1-3-17-14-12(16-2)8-13(14)18-9-10-5-4-6-11(15)7-10/h4-7,12-14,16H,3,8-9H2,1-2H3. The van der Waals surface area contributed by atoms with Gasteiger partial charge in [0.05, 0.1) is 18.8 Å². The number of rotatable bonds is 6. The van der Waals surface area contributed by atoms with E-state index in [9.17, 15) is 0 Å². The quantitative estimate of drug-likeness (QED) is 0.861. The second kappa shape index (κ2) is 6.53. The molecule has 1 saturated carbocycles. The third-order valence-electron chi connectivity index (χ3n) is 3.33. The van der Waals surface area contributed by atoms with Crippen molar-refractivity contribution in [2.24, 2.45) is 0 Å². The van der Waals surface area contributed by atoms with Gasteiger partial charge in [0.15, 0.2) is 0 Å². The van der Waals surface area contributed by atoms with Crippen LogP contribution in [-0.2, 0) is 16.1 Å². The van der Waals surface area contributed by atoms with Crippen molar-refractivity contribution in [1.82, 2.24) is 5.32 Å². The first kappa shape index (κ1) is 13.8. The number of halogens is 1. The van der Waals surface area contributed by atoms with Gasteiger partial charge in [-0.2, -0.15) is 0 Å². The predicted molar refractivity (Wildman–Crippen MR) is 72.9 cm³/mol. The number of likely N-dealkylation sites (N-methyl/N-ethyl adjacent to an activating group) is 1. The highest BCUT2D eigenvalue weighted by Crippen LogP contribution is 2.28. The summed E-state index contributed by atoms with van der Waals surface area (Å²) in [6.45, 7) is 3.32. The van der Waals surface area contributed by atoms with Crippen molar-refractivity contribution in [3.8, 4) is 0 Å². The molecule has 4 heteroatoms. The molecule has 0 aromatic heterocycles. The Bertz CT molecular complexity index is 386. The van der Waals surface area contributed by atoms with Crippen LogP contribution in [0.1, 0.15) is 18.9 Å². The lowest BCUT2D eigenvalue weighted by Gasteiger charge is -2.43. The Balaban J connectivity index is 1.83. The maximum atomic E-state index is 5.94. The zero-order valence-corrected chi connectivity index (χ0v) is 11.6. The molecule has 0 bridgehead atoms. The molecule has 0 heterocycles. The molecule has 2 rings (SSSR count). The van der Waals surface area contributed by atoms with E-state index in [1.165, 1.54) is 0 Å². The van der Waals surface area contributed by atoms with Crippen LogP contribution in [0, 0.1) is 0 Å². The molecule has 1 fully saturated rings. The van der Waals surface area contributed by atoms with Gasteiger partial charge in [0, 0.05) is 17.7 Å². The van der Waals surface area contributed by atoms with Gasteiger partial charge < -0.3 is 14.8 Å². The maximum absolute atomic E-state index is 5.94. The lowest BCUT2D eigenvalue weighted by molar-refractivity contribution is -0.148. The van der Waals surface area contributed by atoms with Crippen molar-refractivity contribution >= 4 is 11.6 Å². The molecule has 3 atom stereocenters. The molecule has 0 saturated heterocycles. The summed E-state index contributed by atoms with van der Waals surface area (Å²) in [7, 11) is 1.96. The largest absolute Gasteiger partial charge is 0.374 e. The molecule has 0 aliphatic heterocycles. The molecule has 100 valence electrons. The molecule has 1 aliphatic carbocycles. The third-order valence-corrected chi connectivity index (χ3v) is 3.57. The predicted octanol–water partition coefficient (Wildman–Crippen LogP) is 2.62. The van der Waals surface area contributed by atoms with E-state index in [4.69, 9.17) is 21.1 Å². The average Bonchev–Trinajstić information content (AvgIpc) is 2.35. The molecule has 1 aromatic rings. The molecular formula is C14H20ClNO2. The average molecular weight is 270 g/mol. The van der Waals surface area contributed by atoms with Crippen LogP contribution in [0.15, 0.2) is 24.3 Å². The van der Waals surface area contributed by atoms with Gasteiger partial charge >= 0.3 is 0 Å². The zero-order valence-electron chi connectivity index (χ0n) is 10.9. The van der Waals surface area contributed by atoms with Crippen molar-refractivity contribution < 1.29 is 9.47 Å². The van der Waals surface area contributed by atoms with Gasteiger partial charge in [-0.25, -0.2) is 0 Å². The van der Waals surface area contributed by atoms with Gasteiger partial charge in [0.25, 0.3) is 0 Å². The molecule has 1 aromatic carbocycles. The fraction of sp³-hybridized carbons (Fsp3) is 0.571. The minimum atomic E-state index is 0.166. The van der Waals surface area contributed by atoms with Gasteiger partial charge in [0.2, 0.25) is 0 Å². The molecule has 3 unspecified atom stereocenters. The van der Waals surface area contributed by atoms with E-state index in [1.807, 2.05) is 38.2 Å². The Morgan fingerprint density at radius 2 is 2.22 bits per heavy atom. The van der Waals surface area contributed by atoms with E-state index in [2.05, 4.69) is 5.32 Å². The normalized spacial score (nSPS) is 26.9. The van der Waals surface area contributed by atoms with Crippen LogP contribution in [0.4, 0.5) is 0 Å². The fourth-order valence-electron chi connectivity index (χ4n) is 2.27. The zero-order chi connectivity index (χ0) is 13.0. The Labute approximate surface area is 113 Å². The van der Waals surface area contributed by atoms with Crippen LogP contribution < -0.4 is 5.32 Å².